The highest BCUT2D eigenvalue weighted by molar-refractivity contribution is 5.96. The molecule has 1 aliphatic carbocycles. The van der Waals surface area contributed by atoms with Crippen LogP contribution in [0.15, 0.2) is 0 Å². The van der Waals surface area contributed by atoms with Gasteiger partial charge < -0.3 is 20.3 Å². The summed E-state index contributed by atoms with van der Waals surface area (Å²) in [5.74, 6) is -0.345. The molecule has 2 saturated heterocycles. The van der Waals surface area contributed by atoms with E-state index in [0.717, 1.165) is 38.5 Å². The Bertz CT molecular complexity index is 584. The molecule has 0 aromatic rings. The summed E-state index contributed by atoms with van der Waals surface area (Å²) in [5, 5.41) is 5.98. The first-order valence-corrected chi connectivity index (χ1v) is 11.0. The number of rotatable bonds is 7. The Balaban J connectivity index is 1.78. The molecule has 2 aliphatic heterocycles. The molecule has 0 aromatic carbocycles. The first kappa shape index (κ1) is 21.1. The van der Waals surface area contributed by atoms with Crippen molar-refractivity contribution >= 4 is 17.7 Å². The predicted octanol–water partition coefficient (Wildman–Crippen LogP) is 1.89. The van der Waals surface area contributed by atoms with E-state index in [1.807, 2.05) is 13.8 Å². The molecule has 0 aromatic heterocycles. The lowest BCUT2D eigenvalue weighted by atomic mass is 9.90. The van der Waals surface area contributed by atoms with E-state index in [0.29, 0.717) is 32.4 Å². The van der Waals surface area contributed by atoms with Crippen molar-refractivity contribution in [3.63, 3.8) is 0 Å². The van der Waals surface area contributed by atoms with Crippen LogP contribution in [0, 0.1) is 0 Å². The van der Waals surface area contributed by atoms with Gasteiger partial charge in [0, 0.05) is 25.6 Å². The molecule has 3 amide bonds. The fourth-order valence-corrected chi connectivity index (χ4v) is 4.58. The highest BCUT2D eigenvalue weighted by Gasteiger charge is 2.45. The maximum absolute atomic E-state index is 13.4. The summed E-state index contributed by atoms with van der Waals surface area (Å²) in [6.45, 7) is 4.90. The molecule has 3 atom stereocenters. The molecule has 3 unspecified atom stereocenters. The Kier molecular flexibility index (Phi) is 6.96. The smallest absolute Gasteiger partial charge is 0.246 e. The maximum atomic E-state index is 13.4. The van der Waals surface area contributed by atoms with Crippen molar-refractivity contribution < 1.29 is 19.1 Å². The third kappa shape index (κ3) is 4.67. The number of nitrogens with zero attached hydrogens (tertiary/aromatic N) is 1. The third-order valence-corrected chi connectivity index (χ3v) is 6.68. The van der Waals surface area contributed by atoms with Crippen molar-refractivity contribution in [1.82, 2.24) is 15.5 Å². The number of carbonyl (C=O) groups is 3. The molecule has 0 spiro atoms. The van der Waals surface area contributed by atoms with Gasteiger partial charge in [-0.2, -0.15) is 0 Å². The average molecular weight is 394 g/mol. The zero-order chi connectivity index (χ0) is 20.1. The number of nitrogens with one attached hydrogen (secondary N) is 2. The van der Waals surface area contributed by atoms with E-state index in [9.17, 15) is 14.4 Å². The van der Waals surface area contributed by atoms with E-state index in [1.165, 1.54) is 6.42 Å². The van der Waals surface area contributed by atoms with Crippen molar-refractivity contribution in [3.05, 3.63) is 0 Å². The van der Waals surface area contributed by atoms with Gasteiger partial charge in [-0.3, -0.25) is 14.4 Å². The fraction of sp³-hybridized carbons (Fsp3) is 0.857. The number of carbonyl (C=O) groups excluding carboxylic acids is 3. The lowest BCUT2D eigenvalue weighted by molar-refractivity contribution is -0.151. The van der Waals surface area contributed by atoms with Gasteiger partial charge in [0.15, 0.2) is 0 Å². The number of ether oxygens (including phenoxy) is 1. The molecule has 0 bridgehead atoms. The van der Waals surface area contributed by atoms with Crippen LogP contribution >= 0.6 is 0 Å². The second-order valence-corrected chi connectivity index (χ2v) is 8.68. The zero-order valence-corrected chi connectivity index (χ0v) is 17.3. The van der Waals surface area contributed by atoms with Gasteiger partial charge in [-0.05, 0) is 45.4 Å². The van der Waals surface area contributed by atoms with Gasteiger partial charge in [-0.25, -0.2) is 0 Å². The van der Waals surface area contributed by atoms with Crippen LogP contribution in [0.4, 0.5) is 0 Å². The molecule has 3 fully saturated rings. The molecular weight excluding hydrogens is 358 g/mol. The Morgan fingerprint density at radius 3 is 2.50 bits per heavy atom. The molecule has 158 valence electrons. The average Bonchev–Trinajstić information content (AvgIpc) is 3.37. The van der Waals surface area contributed by atoms with Gasteiger partial charge in [-0.1, -0.05) is 26.2 Å². The second-order valence-electron chi connectivity index (χ2n) is 8.68. The van der Waals surface area contributed by atoms with Crippen LogP contribution in [-0.4, -0.2) is 59.5 Å². The highest BCUT2D eigenvalue weighted by Crippen LogP contribution is 2.27. The van der Waals surface area contributed by atoms with Gasteiger partial charge >= 0.3 is 0 Å². The van der Waals surface area contributed by atoms with E-state index >= 15 is 0 Å². The van der Waals surface area contributed by atoms with Gasteiger partial charge in [0.05, 0.1) is 6.10 Å². The van der Waals surface area contributed by atoms with Crippen LogP contribution in [0.5, 0.6) is 0 Å². The first-order chi connectivity index (χ1) is 13.4. The molecule has 1 saturated carbocycles. The summed E-state index contributed by atoms with van der Waals surface area (Å²) < 4.78 is 5.77. The summed E-state index contributed by atoms with van der Waals surface area (Å²) in [6, 6.07) is -0.347. The summed E-state index contributed by atoms with van der Waals surface area (Å²) >= 11 is 0. The quantitative estimate of drug-likeness (QED) is 0.691. The van der Waals surface area contributed by atoms with Crippen LogP contribution in [0.1, 0.15) is 78.1 Å². The normalized spacial score (nSPS) is 27.9. The van der Waals surface area contributed by atoms with Crippen LogP contribution in [0.25, 0.3) is 0 Å². The lowest BCUT2D eigenvalue weighted by Crippen LogP contribution is -2.64. The molecule has 3 rings (SSSR count). The fourth-order valence-electron chi connectivity index (χ4n) is 4.58. The van der Waals surface area contributed by atoms with E-state index < -0.39 is 11.6 Å². The van der Waals surface area contributed by atoms with Gasteiger partial charge in [0.2, 0.25) is 17.7 Å². The third-order valence-electron chi connectivity index (χ3n) is 6.68. The number of hydrogen-bond acceptors (Lipinski definition) is 4. The topological polar surface area (TPSA) is 87.7 Å². The number of amides is 3. The Labute approximate surface area is 167 Å². The lowest BCUT2D eigenvalue weighted by Gasteiger charge is -2.42. The zero-order valence-electron chi connectivity index (χ0n) is 17.3. The van der Waals surface area contributed by atoms with Crippen molar-refractivity contribution in [2.75, 3.05) is 13.2 Å². The summed E-state index contributed by atoms with van der Waals surface area (Å²) in [6.07, 6.45) is 8.70. The highest BCUT2D eigenvalue weighted by atomic mass is 16.5. The summed E-state index contributed by atoms with van der Waals surface area (Å²) in [5.41, 5.74) is -0.951. The molecular formula is C21H35N3O4. The SMILES string of the molecule is CCC(C)(C(=O)NC1CCCCC1)N(CC1CCCO1)C(=O)C1CCC(=O)N1. The Hall–Kier alpha value is -1.63. The van der Waals surface area contributed by atoms with Crippen molar-refractivity contribution in [1.29, 1.82) is 0 Å². The predicted molar refractivity (Wildman–Crippen MR) is 106 cm³/mol. The molecule has 7 heteroatoms. The molecule has 2 heterocycles. The van der Waals surface area contributed by atoms with Gasteiger partial charge in [-0.15, -0.1) is 0 Å². The molecule has 3 aliphatic rings. The molecule has 0 radical (unpaired) electrons. The van der Waals surface area contributed by atoms with E-state index in [2.05, 4.69) is 10.6 Å². The van der Waals surface area contributed by atoms with Gasteiger partial charge in [0.25, 0.3) is 0 Å². The minimum atomic E-state index is -0.951. The van der Waals surface area contributed by atoms with Crippen molar-refractivity contribution in [2.45, 2.75) is 102 Å². The van der Waals surface area contributed by atoms with E-state index in [1.54, 1.807) is 4.90 Å². The van der Waals surface area contributed by atoms with Crippen LogP contribution in [0.2, 0.25) is 0 Å². The van der Waals surface area contributed by atoms with E-state index in [-0.39, 0.29) is 29.9 Å². The van der Waals surface area contributed by atoms with Crippen molar-refractivity contribution in [3.8, 4) is 0 Å². The monoisotopic (exact) mass is 393 g/mol. The van der Waals surface area contributed by atoms with Crippen LogP contribution in [0.3, 0.4) is 0 Å². The van der Waals surface area contributed by atoms with Crippen LogP contribution < -0.4 is 10.6 Å². The Morgan fingerprint density at radius 2 is 1.93 bits per heavy atom. The molecule has 2 N–H and O–H groups in total. The number of hydrogen-bond donors (Lipinski definition) is 2. The van der Waals surface area contributed by atoms with Crippen LogP contribution in [-0.2, 0) is 19.1 Å². The maximum Gasteiger partial charge on any atom is 0.246 e. The summed E-state index contributed by atoms with van der Waals surface area (Å²) in [7, 11) is 0. The van der Waals surface area contributed by atoms with Gasteiger partial charge in [0.1, 0.15) is 11.6 Å². The summed E-state index contributed by atoms with van der Waals surface area (Å²) in [4.78, 5) is 40.0. The standard InChI is InChI=1S/C21H35N3O4/c1-3-21(2,20(27)22-15-8-5-4-6-9-15)24(14-16-10-7-13-28-16)19(26)17-11-12-18(25)23-17/h15-17H,3-14H2,1-2H3,(H,22,27)(H,23,25). The minimum Gasteiger partial charge on any atom is -0.376 e. The largest absolute Gasteiger partial charge is 0.376 e. The molecule has 7 nitrogen and oxygen atoms in total. The Morgan fingerprint density at radius 1 is 1.18 bits per heavy atom. The minimum absolute atomic E-state index is 0.0468. The first-order valence-electron chi connectivity index (χ1n) is 11.0. The van der Waals surface area contributed by atoms with E-state index in [4.69, 9.17) is 4.74 Å². The van der Waals surface area contributed by atoms with Crippen molar-refractivity contribution in [2.24, 2.45) is 0 Å². The molecule has 28 heavy (non-hydrogen) atoms. The second kappa shape index (κ2) is 9.25.